The highest BCUT2D eigenvalue weighted by molar-refractivity contribution is 5.87. The van der Waals surface area contributed by atoms with Crippen LogP contribution in [0, 0.1) is 0 Å². The van der Waals surface area contributed by atoms with Gasteiger partial charge in [-0.25, -0.2) is 0 Å². The lowest BCUT2D eigenvalue weighted by Crippen LogP contribution is -2.26. The lowest BCUT2D eigenvalue weighted by molar-refractivity contribution is -0.121. The Kier molecular flexibility index (Phi) is 3.65. The highest BCUT2D eigenvalue weighted by Gasteiger charge is 2.25. The predicted molar refractivity (Wildman–Crippen MR) is 70.5 cm³/mol. The fraction of sp³-hybridized carbons (Fsp3) is 0.533. The molecule has 0 atom stereocenters. The summed E-state index contributed by atoms with van der Waals surface area (Å²) >= 11 is 0. The largest absolute Gasteiger partial charge is 0.488 e. The highest BCUT2D eigenvalue weighted by Crippen LogP contribution is 2.27. The van der Waals surface area contributed by atoms with Gasteiger partial charge < -0.3 is 4.74 Å². The molecule has 0 N–H and O–H groups in total. The summed E-state index contributed by atoms with van der Waals surface area (Å²) in [5.74, 6) is 1.00. The van der Waals surface area contributed by atoms with Crippen LogP contribution in [0.3, 0.4) is 0 Å². The topological polar surface area (TPSA) is 26.3 Å². The lowest BCUT2D eigenvalue weighted by atomic mass is 9.81. The number of hydrogen-bond donors (Lipinski definition) is 0. The minimum Gasteiger partial charge on any atom is -0.488 e. The van der Waals surface area contributed by atoms with Crippen molar-refractivity contribution in [1.29, 1.82) is 0 Å². The van der Waals surface area contributed by atoms with Gasteiger partial charge in [-0.3, -0.25) is 4.79 Å². The Bertz CT molecular complexity index is 394. The van der Waals surface area contributed by atoms with Crippen LogP contribution in [-0.4, -0.2) is 11.4 Å². The van der Waals surface area contributed by atoms with E-state index in [1.165, 1.54) is 0 Å². The molecule has 1 aromatic carbocycles. The van der Waals surface area contributed by atoms with Crippen LogP contribution in [0.5, 0.6) is 5.75 Å². The van der Waals surface area contributed by atoms with Gasteiger partial charge in [0.15, 0.2) is 0 Å². The number of carbonyl (C=O) groups is 1. The summed E-state index contributed by atoms with van der Waals surface area (Å²) in [5.41, 5.74) is 0.393. The second kappa shape index (κ2) is 4.52. The van der Waals surface area contributed by atoms with Gasteiger partial charge in [0.05, 0.1) is 0 Å². The monoisotopic (exact) mass is 234 g/mol. The molecular formula is C15H22O2. The highest BCUT2D eigenvalue weighted by atomic mass is 16.5. The fourth-order valence-electron chi connectivity index (χ4n) is 1.50. The normalized spacial score (nSPS) is 12.4. The molecule has 1 rings (SSSR count). The lowest BCUT2D eigenvalue weighted by Gasteiger charge is -2.24. The van der Waals surface area contributed by atoms with Crippen LogP contribution in [0.25, 0.3) is 0 Å². The van der Waals surface area contributed by atoms with Crippen molar-refractivity contribution in [2.45, 2.75) is 52.6 Å². The molecule has 0 aliphatic rings. The van der Waals surface area contributed by atoms with Gasteiger partial charge in [0.2, 0.25) is 0 Å². The molecule has 0 aliphatic carbocycles. The third-order valence-electron chi connectivity index (χ3n) is 2.88. The van der Waals surface area contributed by atoms with Crippen LogP contribution < -0.4 is 4.74 Å². The molecular weight excluding hydrogens is 212 g/mol. The smallest absolute Gasteiger partial charge is 0.139 e. The van der Waals surface area contributed by atoms with Crippen molar-refractivity contribution >= 4 is 5.78 Å². The molecule has 1 aromatic rings. The molecule has 0 heterocycles. The van der Waals surface area contributed by atoms with E-state index in [9.17, 15) is 4.79 Å². The Morgan fingerprint density at radius 3 is 1.82 bits per heavy atom. The van der Waals surface area contributed by atoms with E-state index < -0.39 is 5.41 Å². The van der Waals surface area contributed by atoms with Gasteiger partial charge in [0.1, 0.15) is 17.1 Å². The second-order valence-corrected chi connectivity index (χ2v) is 5.92. The molecule has 0 fully saturated rings. The Hall–Kier alpha value is -1.31. The van der Waals surface area contributed by atoms with Gasteiger partial charge in [-0.2, -0.15) is 0 Å². The first kappa shape index (κ1) is 13.8. The average Bonchev–Trinajstić information content (AvgIpc) is 2.15. The summed E-state index contributed by atoms with van der Waals surface area (Å²) in [6.07, 6.45) is 0. The number of benzene rings is 1. The number of ketones is 1. The molecule has 0 radical (unpaired) electrons. The van der Waals surface area contributed by atoms with Crippen molar-refractivity contribution in [3.8, 4) is 5.75 Å². The molecule has 0 bridgehead atoms. The summed E-state index contributed by atoms with van der Waals surface area (Å²) in [6, 6.07) is 7.77. The molecule has 0 saturated carbocycles. The van der Waals surface area contributed by atoms with Gasteiger partial charge in [0, 0.05) is 5.41 Å². The van der Waals surface area contributed by atoms with Crippen molar-refractivity contribution in [2.24, 2.45) is 0 Å². The van der Waals surface area contributed by atoms with Crippen LogP contribution in [0.4, 0.5) is 0 Å². The minimum atomic E-state index is -0.430. The first-order chi connectivity index (χ1) is 7.63. The Morgan fingerprint density at radius 1 is 1.00 bits per heavy atom. The average molecular weight is 234 g/mol. The van der Waals surface area contributed by atoms with Crippen LogP contribution in [0.2, 0.25) is 0 Å². The molecule has 0 amide bonds. The maximum absolute atomic E-state index is 11.5. The summed E-state index contributed by atoms with van der Waals surface area (Å²) in [4.78, 5) is 11.5. The Balaban J connectivity index is 2.93. The molecule has 2 heteroatoms. The summed E-state index contributed by atoms with van der Waals surface area (Å²) < 4.78 is 5.74. The van der Waals surface area contributed by atoms with Crippen molar-refractivity contribution in [1.82, 2.24) is 0 Å². The first-order valence-corrected chi connectivity index (χ1v) is 5.93. The van der Waals surface area contributed by atoms with E-state index in [0.717, 1.165) is 11.3 Å². The Labute approximate surface area is 104 Å². The van der Waals surface area contributed by atoms with E-state index in [2.05, 4.69) is 0 Å². The van der Waals surface area contributed by atoms with Gasteiger partial charge in [0.25, 0.3) is 0 Å². The van der Waals surface area contributed by atoms with Crippen molar-refractivity contribution in [3.05, 3.63) is 29.8 Å². The zero-order valence-electron chi connectivity index (χ0n) is 11.6. The summed E-state index contributed by atoms with van der Waals surface area (Å²) in [6.45, 7) is 11.5. The molecule has 0 spiro atoms. The number of Topliss-reactive ketones (excluding diaryl/α,β-unsaturated/α-hetero) is 1. The van der Waals surface area contributed by atoms with Crippen LogP contribution in [0.1, 0.15) is 47.1 Å². The third-order valence-corrected chi connectivity index (χ3v) is 2.88. The molecule has 0 saturated heterocycles. The molecule has 2 nitrogen and oxygen atoms in total. The molecule has 0 unspecified atom stereocenters. The van der Waals surface area contributed by atoms with E-state index in [1.54, 1.807) is 6.92 Å². The number of carbonyl (C=O) groups excluding carboxylic acids is 1. The van der Waals surface area contributed by atoms with E-state index in [-0.39, 0.29) is 11.4 Å². The first-order valence-electron chi connectivity index (χ1n) is 5.93. The minimum absolute atomic E-state index is 0.169. The van der Waals surface area contributed by atoms with Gasteiger partial charge in [-0.15, -0.1) is 0 Å². The second-order valence-electron chi connectivity index (χ2n) is 5.92. The van der Waals surface area contributed by atoms with Crippen molar-refractivity contribution < 1.29 is 9.53 Å². The third kappa shape index (κ3) is 3.58. The van der Waals surface area contributed by atoms with Crippen LogP contribution in [0.15, 0.2) is 24.3 Å². The fourth-order valence-corrected chi connectivity index (χ4v) is 1.50. The van der Waals surface area contributed by atoms with E-state index in [0.29, 0.717) is 0 Å². The summed E-state index contributed by atoms with van der Waals surface area (Å²) in [5, 5.41) is 0. The summed E-state index contributed by atoms with van der Waals surface area (Å²) in [7, 11) is 0. The zero-order valence-corrected chi connectivity index (χ0v) is 11.6. The van der Waals surface area contributed by atoms with Crippen LogP contribution in [-0.2, 0) is 10.2 Å². The maximum Gasteiger partial charge on any atom is 0.139 e. The Morgan fingerprint density at radius 2 is 1.47 bits per heavy atom. The quantitative estimate of drug-likeness (QED) is 0.796. The maximum atomic E-state index is 11.5. The van der Waals surface area contributed by atoms with Gasteiger partial charge in [-0.05, 0) is 59.2 Å². The molecule has 94 valence electrons. The molecule has 0 aromatic heterocycles. The molecule has 0 aliphatic heterocycles. The van der Waals surface area contributed by atoms with E-state index >= 15 is 0 Å². The zero-order chi connectivity index (χ0) is 13.3. The SMILES string of the molecule is CC(=O)C(C)(C)c1ccc(OC(C)(C)C)cc1. The van der Waals surface area contributed by atoms with Crippen LogP contribution >= 0.6 is 0 Å². The number of rotatable bonds is 3. The van der Waals surface area contributed by atoms with E-state index in [1.807, 2.05) is 58.9 Å². The predicted octanol–water partition coefficient (Wildman–Crippen LogP) is 3.73. The standard InChI is InChI=1S/C15H22O2/c1-11(16)15(5,6)12-7-9-13(10-8-12)17-14(2,3)4/h7-10H,1-6H3. The van der Waals surface area contributed by atoms with Gasteiger partial charge >= 0.3 is 0 Å². The van der Waals surface area contributed by atoms with E-state index in [4.69, 9.17) is 4.74 Å². The van der Waals surface area contributed by atoms with Gasteiger partial charge in [-0.1, -0.05) is 12.1 Å². The van der Waals surface area contributed by atoms with Crippen molar-refractivity contribution in [3.63, 3.8) is 0 Å². The number of hydrogen-bond acceptors (Lipinski definition) is 2. The number of ether oxygens (including phenoxy) is 1. The molecule has 17 heavy (non-hydrogen) atoms. The van der Waals surface area contributed by atoms with Crippen molar-refractivity contribution in [2.75, 3.05) is 0 Å².